The van der Waals surface area contributed by atoms with E-state index in [1.807, 2.05) is 0 Å². The molecule has 0 heterocycles. The van der Waals surface area contributed by atoms with Crippen molar-refractivity contribution in [2.75, 3.05) is 13.2 Å². The normalized spacial score (nSPS) is 12.5. The van der Waals surface area contributed by atoms with E-state index >= 15 is 0 Å². The van der Waals surface area contributed by atoms with Crippen LogP contribution in [0.4, 0.5) is 0 Å². The number of carbonyl (C=O) groups excluding carboxylic acids is 3. The Kier molecular flexibility index (Phi) is 50.4. The van der Waals surface area contributed by atoms with Crippen LogP contribution in [-0.4, -0.2) is 37.2 Å². The van der Waals surface area contributed by atoms with Crippen LogP contribution in [-0.2, 0) is 28.6 Å². The van der Waals surface area contributed by atoms with Gasteiger partial charge in [-0.3, -0.25) is 14.4 Å². The summed E-state index contributed by atoms with van der Waals surface area (Å²) < 4.78 is 16.8. The predicted molar refractivity (Wildman–Crippen MR) is 275 cm³/mol. The van der Waals surface area contributed by atoms with Crippen molar-refractivity contribution in [3.8, 4) is 0 Å². The van der Waals surface area contributed by atoms with Crippen molar-refractivity contribution in [3.63, 3.8) is 0 Å². The highest BCUT2D eigenvalue weighted by Crippen LogP contribution is 2.16. The fraction of sp³-hybridized carbons (Fsp3) is 0.776. The van der Waals surface area contributed by atoms with Crippen LogP contribution in [0.3, 0.4) is 0 Å². The highest BCUT2D eigenvalue weighted by atomic mass is 16.6. The first-order valence-corrected chi connectivity index (χ1v) is 27.3. The van der Waals surface area contributed by atoms with E-state index in [-0.39, 0.29) is 31.1 Å². The average molecular weight is 895 g/mol. The molecule has 0 aliphatic carbocycles. The lowest BCUT2D eigenvalue weighted by Gasteiger charge is -2.18. The van der Waals surface area contributed by atoms with Crippen molar-refractivity contribution in [2.24, 2.45) is 0 Å². The summed E-state index contributed by atoms with van der Waals surface area (Å²) in [4.78, 5) is 38.0. The lowest BCUT2D eigenvalue weighted by Crippen LogP contribution is -2.30. The van der Waals surface area contributed by atoms with Crippen molar-refractivity contribution in [3.05, 3.63) is 60.8 Å². The minimum Gasteiger partial charge on any atom is -0.462 e. The van der Waals surface area contributed by atoms with Crippen LogP contribution >= 0.6 is 0 Å². The van der Waals surface area contributed by atoms with E-state index in [0.717, 1.165) is 96.3 Å². The number of allylic oxidation sites excluding steroid dienone is 10. The SMILES string of the molecule is CC/C=C\C/C=C\C/C=C\CCCCCC(=O)OCC(COC(=O)CCCCCCCCC/C=C\C/C=C\CCCCC)OC(=O)CCCCCCCCCCCCCCCCCC. The molecule has 0 radical (unpaired) electrons. The van der Waals surface area contributed by atoms with Crippen LogP contribution in [0.5, 0.6) is 0 Å². The fourth-order valence-corrected chi connectivity index (χ4v) is 7.66. The van der Waals surface area contributed by atoms with Gasteiger partial charge in [-0.25, -0.2) is 0 Å². The number of ether oxygens (including phenoxy) is 3. The van der Waals surface area contributed by atoms with Gasteiger partial charge < -0.3 is 14.2 Å². The summed E-state index contributed by atoms with van der Waals surface area (Å²) in [5, 5.41) is 0. The molecular formula is C58H102O6. The first-order valence-electron chi connectivity index (χ1n) is 27.3. The zero-order valence-corrected chi connectivity index (χ0v) is 42.3. The van der Waals surface area contributed by atoms with Crippen LogP contribution in [0.15, 0.2) is 60.8 Å². The third-order valence-electron chi connectivity index (χ3n) is 11.8. The molecule has 6 nitrogen and oxygen atoms in total. The molecule has 1 unspecified atom stereocenters. The summed E-state index contributed by atoms with van der Waals surface area (Å²) in [5.41, 5.74) is 0. The Morgan fingerprint density at radius 2 is 0.609 bits per heavy atom. The molecule has 0 saturated heterocycles. The van der Waals surface area contributed by atoms with Gasteiger partial charge in [0.1, 0.15) is 13.2 Å². The van der Waals surface area contributed by atoms with Gasteiger partial charge in [0.2, 0.25) is 0 Å². The van der Waals surface area contributed by atoms with Crippen LogP contribution in [0.1, 0.15) is 271 Å². The van der Waals surface area contributed by atoms with Gasteiger partial charge in [-0.15, -0.1) is 0 Å². The van der Waals surface area contributed by atoms with Gasteiger partial charge in [0.25, 0.3) is 0 Å². The molecule has 64 heavy (non-hydrogen) atoms. The number of hydrogen-bond donors (Lipinski definition) is 0. The molecule has 0 aromatic carbocycles. The van der Waals surface area contributed by atoms with Gasteiger partial charge >= 0.3 is 17.9 Å². The summed E-state index contributed by atoms with van der Waals surface area (Å²) in [6.07, 6.45) is 64.9. The molecule has 0 spiro atoms. The Bertz CT molecular complexity index is 1170. The summed E-state index contributed by atoms with van der Waals surface area (Å²) in [6, 6.07) is 0. The van der Waals surface area contributed by atoms with Crippen molar-refractivity contribution in [1.82, 2.24) is 0 Å². The zero-order valence-electron chi connectivity index (χ0n) is 42.3. The smallest absolute Gasteiger partial charge is 0.306 e. The molecule has 1 atom stereocenters. The Hall–Kier alpha value is -2.89. The molecule has 0 aromatic rings. The second kappa shape index (κ2) is 52.7. The Morgan fingerprint density at radius 1 is 0.328 bits per heavy atom. The maximum Gasteiger partial charge on any atom is 0.306 e. The highest BCUT2D eigenvalue weighted by molar-refractivity contribution is 5.71. The minimum absolute atomic E-state index is 0.0858. The molecule has 0 rings (SSSR count). The molecule has 0 aliphatic rings. The second-order valence-electron chi connectivity index (χ2n) is 18.1. The molecule has 0 aromatic heterocycles. The summed E-state index contributed by atoms with van der Waals surface area (Å²) >= 11 is 0. The number of esters is 3. The lowest BCUT2D eigenvalue weighted by atomic mass is 10.0. The van der Waals surface area contributed by atoms with Crippen molar-refractivity contribution in [2.45, 2.75) is 277 Å². The molecule has 0 aliphatic heterocycles. The maximum atomic E-state index is 12.8. The van der Waals surface area contributed by atoms with Crippen LogP contribution in [0.25, 0.3) is 0 Å². The van der Waals surface area contributed by atoms with E-state index in [1.165, 1.54) is 135 Å². The van der Waals surface area contributed by atoms with Gasteiger partial charge in [0, 0.05) is 19.3 Å². The summed E-state index contributed by atoms with van der Waals surface area (Å²) in [7, 11) is 0. The van der Waals surface area contributed by atoms with E-state index in [0.29, 0.717) is 19.3 Å². The van der Waals surface area contributed by atoms with E-state index < -0.39 is 6.10 Å². The number of carbonyl (C=O) groups is 3. The lowest BCUT2D eigenvalue weighted by molar-refractivity contribution is -0.167. The first kappa shape index (κ1) is 61.1. The van der Waals surface area contributed by atoms with Crippen LogP contribution in [0, 0.1) is 0 Å². The number of rotatable bonds is 49. The van der Waals surface area contributed by atoms with Crippen LogP contribution in [0.2, 0.25) is 0 Å². The van der Waals surface area contributed by atoms with E-state index in [4.69, 9.17) is 14.2 Å². The van der Waals surface area contributed by atoms with E-state index in [1.54, 1.807) is 0 Å². The van der Waals surface area contributed by atoms with Gasteiger partial charge in [-0.1, -0.05) is 229 Å². The Morgan fingerprint density at radius 3 is 1.00 bits per heavy atom. The quantitative estimate of drug-likeness (QED) is 0.0262. The largest absolute Gasteiger partial charge is 0.462 e. The molecule has 0 amide bonds. The minimum atomic E-state index is -0.787. The number of unbranched alkanes of at least 4 members (excludes halogenated alkanes) is 28. The van der Waals surface area contributed by atoms with Gasteiger partial charge in [-0.05, 0) is 83.5 Å². The highest BCUT2D eigenvalue weighted by Gasteiger charge is 2.19. The summed E-state index contributed by atoms with van der Waals surface area (Å²) in [6.45, 7) is 6.49. The Balaban J connectivity index is 4.39. The van der Waals surface area contributed by atoms with Gasteiger partial charge in [0.05, 0.1) is 0 Å². The zero-order chi connectivity index (χ0) is 46.5. The third kappa shape index (κ3) is 50.1. The van der Waals surface area contributed by atoms with E-state index in [9.17, 15) is 14.4 Å². The molecule has 0 fully saturated rings. The van der Waals surface area contributed by atoms with Gasteiger partial charge in [0.15, 0.2) is 6.10 Å². The molecular weight excluding hydrogens is 793 g/mol. The molecule has 0 N–H and O–H groups in total. The molecule has 0 saturated carbocycles. The molecule has 370 valence electrons. The van der Waals surface area contributed by atoms with Crippen LogP contribution < -0.4 is 0 Å². The standard InChI is InChI=1S/C58H102O6/c1-4-7-10-13-16-19-22-25-27-29-31-33-36-39-42-45-48-51-57(60)63-54-55(53-62-56(59)50-47-44-41-38-35-32-24-21-18-15-12-9-6-3)64-58(61)52-49-46-43-40-37-34-30-28-26-23-20-17-14-11-8-5-2/h9,12,16,18-19,21,25,27,32,35,55H,4-8,10-11,13-15,17,20,22-24,26,28-31,33-34,36-54H2,1-3H3/b12-9-,19-16-,21-18-,27-25-,35-32-. The summed E-state index contributed by atoms with van der Waals surface area (Å²) in [5.74, 6) is -0.914. The second-order valence-corrected chi connectivity index (χ2v) is 18.1. The third-order valence-corrected chi connectivity index (χ3v) is 11.8. The topological polar surface area (TPSA) is 78.9 Å². The van der Waals surface area contributed by atoms with Crippen molar-refractivity contribution >= 4 is 17.9 Å². The first-order chi connectivity index (χ1) is 31.5. The number of hydrogen-bond acceptors (Lipinski definition) is 6. The van der Waals surface area contributed by atoms with Crippen molar-refractivity contribution in [1.29, 1.82) is 0 Å². The van der Waals surface area contributed by atoms with Gasteiger partial charge in [-0.2, -0.15) is 0 Å². The predicted octanol–water partition coefficient (Wildman–Crippen LogP) is 18.0. The molecule has 6 heteroatoms. The average Bonchev–Trinajstić information content (AvgIpc) is 3.29. The van der Waals surface area contributed by atoms with Crippen molar-refractivity contribution < 1.29 is 28.6 Å². The Labute approximate surface area is 396 Å². The van der Waals surface area contributed by atoms with E-state index in [2.05, 4.69) is 81.5 Å². The fourth-order valence-electron chi connectivity index (χ4n) is 7.66. The maximum absolute atomic E-state index is 12.8. The monoisotopic (exact) mass is 895 g/mol. The molecule has 0 bridgehead atoms.